The first-order valence-electron chi connectivity index (χ1n) is 7.98. The maximum atomic E-state index is 13.0. The molecule has 0 radical (unpaired) electrons. The van der Waals surface area contributed by atoms with Crippen LogP contribution in [0.15, 0.2) is 59.8 Å². The van der Waals surface area contributed by atoms with Gasteiger partial charge in [0.05, 0.1) is 29.4 Å². The van der Waals surface area contributed by atoms with Crippen molar-refractivity contribution in [1.82, 2.24) is 10.6 Å². The van der Waals surface area contributed by atoms with E-state index in [-0.39, 0.29) is 11.9 Å². The lowest BCUT2D eigenvalue weighted by atomic mass is 9.94. The zero-order valence-corrected chi connectivity index (χ0v) is 15.1. The van der Waals surface area contributed by atoms with E-state index in [1.54, 1.807) is 44.4 Å². The van der Waals surface area contributed by atoms with Gasteiger partial charge in [0.1, 0.15) is 5.75 Å². The quantitative estimate of drug-likeness (QED) is 0.768. The molecule has 0 saturated carbocycles. The fraction of sp³-hybridized carbons (Fsp3) is 0.158. The molecule has 1 aliphatic rings. The Hall–Kier alpha value is -2.99. The average molecular weight is 372 g/mol. The van der Waals surface area contributed by atoms with E-state index in [9.17, 15) is 9.59 Å². The van der Waals surface area contributed by atoms with Crippen LogP contribution in [0.4, 0.5) is 10.5 Å². The summed E-state index contributed by atoms with van der Waals surface area (Å²) in [5.41, 5.74) is 2.03. The first-order chi connectivity index (χ1) is 12.5. The molecule has 26 heavy (non-hydrogen) atoms. The highest BCUT2D eigenvalue weighted by Crippen LogP contribution is 2.33. The molecule has 134 valence electrons. The third kappa shape index (κ3) is 3.50. The van der Waals surface area contributed by atoms with Gasteiger partial charge in [-0.3, -0.25) is 4.79 Å². The molecule has 3 amide bonds. The maximum Gasteiger partial charge on any atom is 0.319 e. The van der Waals surface area contributed by atoms with Gasteiger partial charge < -0.3 is 20.7 Å². The lowest BCUT2D eigenvalue weighted by molar-refractivity contribution is -0.113. The van der Waals surface area contributed by atoms with E-state index < -0.39 is 6.04 Å². The number of halogens is 1. The lowest BCUT2D eigenvalue weighted by Gasteiger charge is -2.29. The second-order valence-electron chi connectivity index (χ2n) is 5.75. The number of rotatable bonds is 4. The smallest absolute Gasteiger partial charge is 0.319 e. The van der Waals surface area contributed by atoms with Gasteiger partial charge in [-0.1, -0.05) is 41.9 Å². The van der Waals surface area contributed by atoms with Gasteiger partial charge in [0.15, 0.2) is 0 Å². The van der Waals surface area contributed by atoms with Crippen LogP contribution >= 0.6 is 11.6 Å². The second-order valence-corrected chi connectivity index (χ2v) is 6.15. The van der Waals surface area contributed by atoms with Gasteiger partial charge in [0.2, 0.25) is 0 Å². The Balaban J connectivity index is 2.01. The first kappa shape index (κ1) is 17.8. The van der Waals surface area contributed by atoms with Crippen molar-refractivity contribution in [3.63, 3.8) is 0 Å². The molecule has 0 unspecified atom stereocenters. The maximum absolute atomic E-state index is 13.0. The zero-order chi connectivity index (χ0) is 18.7. The minimum Gasteiger partial charge on any atom is -0.496 e. The summed E-state index contributed by atoms with van der Waals surface area (Å²) < 4.78 is 5.39. The molecule has 7 heteroatoms. The van der Waals surface area contributed by atoms with Crippen molar-refractivity contribution < 1.29 is 14.3 Å². The minimum absolute atomic E-state index is 0.362. The van der Waals surface area contributed by atoms with Crippen LogP contribution in [0.1, 0.15) is 18.5 Å². The summed E-state index contributed by atoms with van der Waals surface area (Å²) in [6.07, 6.45) is 0. The predicted molar refractivity (Wildman–Crippen MR) is 100 cm³/mol. The predicted octanol–water partition coefficient (Wildman–Crippen LogP) is 3.62. The molecular weight excluding hydrogens is 354 g/mol. The molecule has 2 aromatic rings. The molecule has 1 heterocycles. The number of hydrogen-bond donors (Lipinski definition) is 3. The van der Waals surface area contributed by atoms with E-state index >= 15 is 0 Å². The van der Waals surface area contributed by atoms with E-state index in [1.807, 2.05) is 18.2 Å². The third-order valence-corrected chi connectivity index (χ3v) is 4.42. The standard InChI is InChI=1S/C19H18ClN3O3/c1-11-16(18(24)22-14-9-5-4-8-13(14)20)17(23-19(25)21-11)12-7-3-6-10-15(12)26-2/h3-10,17H,1-2H3,(H,22,24)(H2,21,23,25)/t17-/m1/s1. The van der Waals surface area contributed by atoms with Crippen LogP contribution in [0.2, 0.25) is 5.02 Å². The number of para-hydroxylation sites is 2. The molecule has 3 N–H and O–H groups in total. The van der Waals surface area contributed by atoms with Crippen LogP contribution in [0.3, 0.4) is 0 Å². The molecule has 0 saturated heterocycles. The molecular formula is C19H18ClN3O3. The van der Waals surface area contributed by atoms with Crippen molar-refractivity contribution in [3.8, 4) is 5.75 Å². The molecule has 2 aromatic carbocycles. The number of benzene rings is 2. The fourth-order valence-corrected chi connectivity index (χ4v) is 3.07. The third-order valence-electron chi connectivity index (χ3n) is 4.09. The highest BCUT2D eigenvalue weighted by molar-refractivity contribution is 6.33. The van der Waals surface area contributed by atoms with E-state index in [4.69, 9.17) is 16.3 Å². The average Bonchev–Trinajstić information content (AvgIpc) is 2.62. The van der Waals surface area contributed by atoms with Gasteiger partial charge >= 0.3 is 6.03 Å². The minimum atomic E-state index is -0.651. The Labute approximate surface area is 156 Å². The van der Waals surface area contributed by atoms with Gasteiger partial charge in [0.25, 0.3) is 5.91 Å². The molecule has 0 bridgehead atoms. The molecule has 1 aliphatic heterocycles. The number of allylic oxidation sites excluding steroid dienone is 1. The normalized spacial score (nSPS) is 16.6. The number of urea groups is 1. The monoisotopic (exact) mass is 371 g/mol. The number of nitrogens with one attached hydrogen (secondary N) is 3. The number of carbonyl (C=O) groups is 2. The summed E-state index contributed by atoms with van der Waals surface area (Å²) in [6, 6.07) is 13.2. The van der Waals surface area contributed by atoms with Gasteiger partial charge in [0, 0.05) is 11.3 Å². The van der Waals surface area contributed by atoms with Crippen molar-refractivity contribution in [2.75, 3.05) is 12.4 Å². The largest absolute Gasteiger partial charge is 0.496 e. The Morgan fingerprint density at radius 2 is 1.85 bits per heavy atom. The van der Waals surface area contributed by atoms with E-state index in [0.717, 1.165) is 0 Å². The van der Waals surface area contributed by atoms with Crippen molar-refractivity contribution in [3.05, 3.63) is 70.4 Å². The number of amides is 3. The summed E-state index contributed by atoms with van der Waals surface area (Å²) in [7, 11) is 1.54. The second kappa shape index (κ2) is 7.49. The lowest BCUT2D eigenvalue weighted by Crippen LogP contribution is -2.46. The summed E-state index contributed by atoms with van der Waals surface area (Å²) in [5, 5.41) is 8.66. The van der Waals surface area contributed by atoms with Crippen LogP contribution in [0.25, 0.3) is 0 Å². The number of carbonyl (C=O) groups excluding carboxylic acids is 2. The molecule has 1 atom stereocenters. The molecule has 3 rings (SSSR count). The Morgan fingerprint density at radius 3 is 2.58 bits per heavy atom. The Kier molecular flexibility index (Phi) is 5.14. The number of anilines is 1. The van der Waals surface area contributed by atoms with E-state index in [0.29, 0.717) is 33.3 Å². The van der Waals surface area contributed by atoms with Crippen LogP contribution in [0, 0.1) is 0 Å². The Morgan fingerprint density at radius 1 is 1.15 bits per heavy atom. The first-order valence-corrected chi connectivity index (χ1v) is 8.36. The van der Waals surface area contributed by atoms with Crippen molar-refractivity contribution in [2.24, 2.45) is 0 Å². The van der Waals surface area contributed by atoms with Crippen molar-refractivity contribution in [1.29, 1.82) is 0 Å². The zero-order valence-electron chi connectivity index (χ0n) is 14.3. The summed E-state index contributed by atoms with van der Waals surface area (Å²) in [5.74, 6) is 0.217. The highest BCUT2D eigenvalue weighted by atomic mass is 35.5. The van der Waals surface area contributed by atoms with Crippen LogP contribution in [-0.4, -0.2) is 19.0 Å². The number of ether oxygens (including phenoxy) is 1. The molecule has 0 aliphatic carbocycles. The van der Waals surface area contributed by atoms with Gasteiger partial charge in [-0.2, -0.15) is 0 Å². The van der Waals surface area contributed by atoms with Gasteiger partial charge in [-0.25, -0.2) is 4.79 Å². The summed E-state index contributed by atoms with van der Waals surface area (Å²) in [6.45, 7) is 1.68. The molecule has 0 spiro atoms. The number of methoxy groups -OCH3 is 1. The Bertz CT molecular complexity index is 895. The number of hydrogen-bond acceptors (Lipinski definition) is 3. The molecule has 0 aromatic heterocycles. The molecule has 0 fully saturated rings. The van der Waals surface area contributed by atoms with Gasteiger partial charge in [-0.05, 0) is 25.1 Å². The topological polar surface area (TPSA) is 79.5 Å². The molecule has 6 nitrogen and oxygen atoms in total. The van der Waals surface area contributed by atoms with Crippen LogP contribution in [0.5, 0.6) is 5.75 Å². The summed E-state index contributed by atoms with van der Waals surface area (Å²) in [4.78, 5) is 24.9. The van der Waals surface area contributed by atoms with E-state index in [1.165, 1.54) is 0 Å². The van der Waals surface area contributed by atoms with Crippen molar-refractivity contribution >= 4 is 29.2 Å². The van der Waals surface area contributed by atoms with Crippen LogP contribution < -0.4 is 20.7 Å². The fourth-order valence-electron chi connectivity index (χ4n) is 2.89. The van der Waals surface area contributed by atoms with Crippen molar-refractivity contribution in [2.45, 2.75) is 13.0 Å². The summed E-state index contributed by atoms with van der Waals surface area (Å²) >= 11 is 6.13. The van der Waals surface area contributed by atoms with Gasteiger partial charge in [-0.15, -0.1) is 0 Å². The van der Waals surface area contributed by atoms with E-state index in [2.05, 4.69) is 16.0 Å². The highest BCUT2D eigenvalue weighted by Gasteiger charge is 2.33. The SMILES string of the molecule is COc1ccccc1[C@H]1NC(=O)NC(C)=C1C(=O)Nc1ccccc1Cl. The van der Waals surface area contributed by atoms with Crippen LogP contribution in [-0.2, 0) is 4.79 Å².